The highest BCUT2D eigenvalue weighted by molar-refractivity contribution is 5.28. The fourth-order valence-corrected chi connectivity index (χ4v) is 1.29. The highest BCUT2D eigenvalue weighted by Crippen LogP contribution is 2.00. The lowest BCUT2D eigenvalue weighted by Crippen LogP contribution is -1.87. The molecule has 1 heterocycles. The van der Waals surface area contributed by atoms with Gasteiger partial charge in [-0.2, -0.15) is 0 Å². The van der Waals surface area contributed by atoms with Crippen molar-refractivity contribution in [3.8, 4) is 0 Å². The second kappa shape index (κ2) is 5.91. The average molecular weight is 214 g/mol. The first-order chi connectivity index (χ1) is 7.58. The first-order valence-corrected chi connectivity index (χ1v) is 5.29. The number of nitrogens with two attached hydrogens (primary N) is 1. The Labute approximate surface area is 97.1 Å². The standard InChI is InChI=1S/C8H10.C6H8N2/c1-7-4-3-5-8(2)6-7;1-5-2-3-6(7)8-4-5/h3-6H,1-2H3;2-4H,1H3,(H2,7,8). The summed E-state index contributed by atoms with van der Waals surface area (Å²) in [4.78, 5) is 3.86. The van der Waals surface area contributed by atoms with Gasteiger partial charge in [-0.25, -0.2) is 4.98 Å². The molecule has 0 fully saturated rings. The van der Waals surface area contributed by atoms with Gasteiger partial charge in [0.15, 0.2) is 0 Å². The van der Waals surface area contributed by atoms with Gasteiger partial charge in [0.1, 0.15) is 5.82 Å². The summed E-state index contributed by atoms with van der Waals surface area (Å²) in [6, 6.07) is 12.2. The molecule has 2 rings (SSSR count). The molecular weight excluding hydrogens is 196 g/mol. The Balaban J connectivity index is 0.000000160. The summed E-state index contributed by atoms with van der Waals surface area (Å²) < 4.78 is 0. The highest BCUT2D eigenvalue weighted by Gasteiger charge is 1.82. The number of aryl methyl sites for hydroxylation is 3. The Bertz CT molecular complexity index is 394. The van der Waals surface area contributed by atoms with Crippen LogP contribution >= 0.6 is 0 Å². The first-order valence-electron chi connectivity index (χ1n) is 5.29. The van der Waals surface area contributed by atoms with E-state index >= 15 is 0 Å². The van der Waals surface area contributed by atoms with Crippen molar-refractivity contribution in [3.05, 3.63) is 59.3 Å². The molecule has 84 valence electrons. The molecule has 0 spiro atoms. The predicted molar refractivity (Wildman–Crippen MR) is 69.3 cm³/mol. The van der Waals surface area contributed by atoms with E-state index in [2.05, 4.69) is 43.1 Å². The van der Waals surface area contributed by atoms with E-state index in [1.807, 2.05) is 13.0 Å². The summed E-state index contributed by atoms with van der Waals surface area (Å²) in [5.74, 6) is 0.579. The molecule has 0 aliphatic carbocycles. The lowest BCUT2D eigenvalue weighted by molar-refractivity contribution is 1.28. The fourth-order valence-electron chi connectivity index (χ4n) is 1.29. The summed E-state index contributed by atoms with van der Waals surface area (Å²) in [6.45, 7) is 6.19. The summed E-state index contributed by atoms with van der Waals surface area (Å²) in [6.07, 6.45) is 1.75. The number of rotatable bonds is 0. The molecular formula is C14H18N2. The second-order valence-corrected chi connectivity index (χ2v) is 3.92. The smallest absolute Gasteiger partial charge is 0.123 e. The van der Waals surface area contributed by atoms with Crippen molar-refractivity contribution < 1.29 is 0 Å². The van der Waals surface area contributed by atoms with Gasteiger partial charge in [-0.3, -0.25) is 0 Å². The van der Waals surface area contributed by atoms with E-state index in [1.165, 1.54) is 11.1 Å². The average Bonchev–Trinajstić information content (AvgIpc) is 2.23. The number of aromatic nitrogens is 1. The molecule has 0 aliphatic heterocycles. The minimum Gasteiger partial charge on any atom is -0.384 e. The maximum Gasteiger partial charge on any atom is 0.123 e. The molecule has 2 aromatic rings. The van der Waals surface area contributed by atoms with Crippen molar-refractivity contribution in [1.82, 2.24) is 4.98 Å². The van der Waals surface area contributed by atoms with Gasteiger partial charge >= 0.3 is 0 Å². The normalized spacial score (nSPS) is 9.19. The number of benzene rings is 1. The maximum absolute atomic E-state index is 5.32. The third kappa shape index (κ3) is 4.60. The van der Waals surface area contributed by atoms with Gasteiger partial charge in [0.05, 0.1) is 0 Å². The number of nitrogens with zero attached hydrogens (tertiary/aromatic N) is 1. The Kier molecular flexibility index (Phi) is 4.52. The largest absolute Gasteiger partial charge is 0.384 e. The monoisotopic (exact) mass is 214 g/mol. The SMILES string of the molecule is Cc1ccc(N)nc1.Cc1cccc(C)c1. The number of pyridine rings is 1. The summed E-state index contributed by atoms with van der Waals surface area (Å²) in [5.41, 5.74) is 9.13. The van der Waals surface area contributed by atoms with Crippen LogP contribution < -0.4 is 5.73 Å². The van der Waals surface area contributed by atoms with E-state index in [9.17, 15) is 0 Å². The summed E-state index contributed by atoms with van der Waals surface area (Å²) in [7, 11) is 0. The molecule has 0 radical (unpaired) electrons. The zero-order valence-corrected chi connectivity index (χ0v) is 10.1. The van der Waals surface area contributed by atoms with Crippen LogP contribution in [-0.2, 0) is 0 Å². The van der Waals surface area contributed by atoms with E-state index in [0.717, 1.165) is 5.56 Å². The molecule has 0 aliphatic rings. The predicted octanol–water partition coefficient (Wildman–Crippen LogP) is 3.28. The Morgan fingerprint density at radius 1 is 0.875 bits per heavy atom. The van der Waals surface area contributed by atoms with Crippen LogP contribution in [0.1, 0.15) is 16.7 Å². The van der Waals surface area contributed by atoms with Crippen LogP contribution in [-0.4, -0.2) is 4.98 Å². The third-order valence-electron chi connectivity index (χ3n) is 2.11. The minimum absolute atomic E-state index is 0.579. The molecule has 16 heavy (non-hydrogen) atoms. The maximum atomic E-state index is 5.32. The van der Waals surface area contributed by atoms with Gasteiger partial charge in [0, 0.05) is 6.20 Å². The number of anilines is 1. The van der Waals surface area contributed by atoms with Gasteiger partial charge < -0.3 is 5.73 Å². The lowest BCUT2D eigenvalue weighted by Gasteiger charge is -1.90. The number of hydrogen-bond acceptors (Lipinski definition) is 2. The fraction of sp³-hybridized carbons (Fsp3) is 0.214. The van der Waals surface area contributed by atoms with E-state index in [-0.39, 0.29) is 0 Å². The van der Waals surface area contributed by atoms with Gasteiger partial charge in [-0.15, -0.1) is 0 Å². The van der Waals surface area contributed by atoms with Gasteiger partial charge in [0.25, 0.3) is 0 Å². The quantitative estimate of drug-likeness (QED) is 0.731. The third-order valence-corrected chi connectivity index (χ3v) is 2.11. The van der Waals surface area contributed by atoms with E-state index in [0.29, 0.717) is 5.82 Å². The van der Waals surface area contributed by atoms with Crippen molar-refractivity contribution in [3.63, 3.8) is 0 Å². The minimum atomic E-state index is 0.579. The molecule has 0 saturated heterocycles. The van der Waals surface area contributed by atoms with Crippen LogP contribution in [0.3, 0.4) is 0 Å². The number of nitrogen functional groups attached to an aromatic ring is 1. The lowest BCUT2D eigenvalue weighted by atomic mass is 10.2. The second-order valence-electron chi connectivity index (χ2n) is 3.92. The van der Waals surface area contributed by atoms with Crippen LogP contribution in [0.4, 0.5) is 5.82 Å². The Morgan fingerprint density at radius 3 is 1.81 bits per heavy atom. The van der Waals surface area contributed by atoms with E-state index in [4.69, 9.17) is 5.73 Å². The molecule has 0 bridgehead atoms. The molecule has 2 nitrogen and oxygen atoms in total. The first kappa shape index (κ1) is 12.2. The van der Waals surface area contributed by atoms with E-state index < -0.39 is 0 Å². The van der Waals surface area contributed by atoms with Crippen molar-refractivity contribution in [2.24, 2.45) is 0 Å². The zero-order chi connectivity index (χ0) is 12.0. The highest BCUT2D eigenvalue weighted by atomic mass is 14.8. The molecule has 2 heteroatoms. The molecule has 0 saturated carbocycles. The zero-order valence-electron chi connectivity index (χ0n) is 10.1. The van der Waals surface area contributed by atoms with Crippen LogP contribution in [0, 0.1) is 20.8 Å². The Hall–Kier alpha value is -1.83. The summed E-state index contributed by atoms with van der Waals surface area (Å²) in [5, 5.41) is 0. The van der Waals surface area contributed by atoms with E-state index in [1.54, 1.807) is 12.3 Å². The summed E-state index contributed by atoms with van der Waals surface area (Å²) >= 11 is 0. The van der Waals surface area contributed by atoms with Crippen LogP contribution in [0.15, 0.2) is 42.6 Å². The van der Waals surface area contributed by atoms with Gasteiger partial charge in [-0.1, -0.05) is 41.5 Å². The molecule has 1 aromatic heterocycles. The van der Waals surface area contributed by atoms with Crippen molar-refractivity contribution >= 4 is 5.82 Å². The molecule has 2 N–H and O–H groups in total. The van der Waals surface area contributed by atoms with Crippen molar-refractivity contribution in [1.29, 1.82) is 0 Å². The number of hydrogen-bond donors (Lipinski definition) is 1. The van der Waals surface area contributed by atoms with Crippen LogP contribution in [0.2, 0.25) is 0 Å². The van der Waals surface area contributed by atoms with Crippen molar-refractivity contribution in [2.45, 2.75) is 20.8 Å². The molecule has 0 unspecified atom stereocenters. The van der Waals surface area contributed by atoms with Crippen LogP contribution in [0.25, 0.3) is 0 Å². The molecule has 0 atom stereocenters. The van der Waals surface area contributed by atoms with Gasteiger partial charge in [0.2, 0.25) is 0 Å². The van der Waals surface area contributed by atoms with Gasteiger partial charge in [-0.05, 0) is 32.4 Å². The van der Waals surface area contributed by atoms with Crippen LogP contribution in [0.5, 0.6) is 0 Å². The topological polar surface area (TPSA) is 38.9 Å². The Morgan fingerprint density at radius 2 is 1.50 bits per heavy atom. The van der Waals surface area contributed by atoms with Crippen molar-refractivity contribution in [2.75, 3.05) is 5.73 Å². The molecule has 0 amide bonds. The molecule has 1 aromatic carbocycles.